The first-order valence-electron chi connectivity index (χ1n) is 8.07. The molecule has 1 N–H and O–H groups in total. The van der Waals surface area contributed by atoms with Crippen molar-refractivity contribution >= 4 is 34.5 Å². The number of fused-ring (bicyclic) bond motifs is 1. The number of benzene rings is 1. The number of nitrogens with one attached hydrogen (secondary N) is 1. The van der Waals surface area contributed by atoms with Gasteiger partial charge in [0, 0.05) is 12.2 Å². The van der Waals surface area contributed by atoms with Crippen LogP contribution in [0.15, 0.2) is 35.7 Å². The molecule has 1 atom stereocenters. The van der Waals surface area contributed by atoms with Gasteiger partial charge in [-0.05, 0) is 43.0 Å². The van der Waals surface area contributed by atoms with Crippen molar-refractivity contribution in [1.82, 2.24) is 0 Å². The monoisotopic (exact) mass is 344 g/mol. The maximum atomic E-state index is 12.4. The number of rotatable bonds is 5. The van der Waals surface area contributed by atoms with Crippen LogP contribution < -0.4 is 15.0 Å². The summed E-state index contributed by atoms with van der Waals surface area (Å²) in [5.41, 5.74) is 1.37. The normalized spacial score (nSPS) is 16.5. The van der Waals surface area contributed by atoms with Gasteiger partial charge in [-0.1, -0.05) is 19.4 Å². The zero-order valence-electron chi connectivity index (χ0n) is 13.7. The van der Waals surface area contributed by atoms with E-state index in [-0.39, 0.29) is 11.8 Å². The van der Waals surface area contributed by atoms with Crippen LogP contribution in [0.2, 0.25) is 0 Å². The quantitative estimate of drug-likeness (QED) is 0.894. The summed E-state index contributed by atoms with van der Waals surface area (Å²) in [7, 11) is 0. The van der Waals surface area contributed by atoms with Gasteiger partial charge < -0.3 is 15.0 Å². The molecule has 1 aliphatic heterocycles. The number of hydrogen-bond acceptors (Lipinski definition) is 4. The van der Waals surface area contributed by atoms with Crippen LogP contribution in [0, 0.1) is 0 Å². The Morgan fingerprint density at radius 2 is 2.21 bits per heavy atom. The van der Waals surface area contributed by atoms with Crippen molar-refractivity contribution in [2.24, 2.45) is 0 Å². The second-order valence-electron chi connectivity index (χ2n) is 5.72. The fraction of sp³-hybridized carbons (Fsp3) is 0.333. The zero-order valence-corrected chi connectivity index (χ0v) is 14.6. The minimum atomic E-state index is -0.485. The van der Waals surface area contributed by atoms with Crippen LogP contribution in [-0.4, -0.2) is 24.5 Å². The second-order valence-corrected chi connectivity index (χ2v) is 6.67. The molecule has 0 aliphatic carbocycles. The van der Waals surface area contributed by atoms with Crippen molar-refractivity contribution < 1.29 is 14.3 Å². The van der Waals surface area contributed by atoms with Gasteiger partial charge in [0.2, 0.25) is 0 Å². The van der Waals surface area contributed by atoms with Gasteiger partial charge in [0.15, 0.2) is 6.10 Å². The van der Waals surface area contributed by atoms with E-state index in [9.17, 15) is 9.59 Å². The van der Waals surface area contributed by atoms with E-state index in [1.54, 1.807) is 36.1 Å². The topological polar surface area (TPSA) is 58.6 Å². The molecule has 0 spiro atoms. The summed E-state index contributed by atoms with van der Waals surface area (Å²) in [6, 6.07) is 9.03. The van der Waals surface area contributed by atoms with Crippen molar-refractivity contribution in [2.75, 3.05) is 16.8 Å². The minimum absolute atomic E-state index is 0.0438. The number of thiophene rings is 1. The molecule has 0 bridgehead atoms. The summed E-state index contributed by atoms with van der Waals surface area (Å²) >= 11 is 1.39. The first kappa shape index (κ1) is 16.5. The third kappa shape index (κ3) is 3.28. The van der Waals surface area contributed by atoms with E-state index in [0.717, 1.165) is 18.5 Å². The average molecular weight is 344 g/mol. The number of unbranched alkanes of at least 4 members (excludes halogenated alkanes) is 1. The Bertz CT molecular complexity index is 743. The third-order valence-corrected chi connectivity index (χ3v) is 4.77. The number of amides is 2. The first-order chi connectivity index (χ1) is 11.6. The molecule has 2 aromatic rings. The van der Waals surface area contributed by atoms with Crippen molar-refractivity contribution in [1.29, 1.82) is 0 Å². The van der Waals surface area contributed by atoms with Crippen LogP contribution in [0.1, 0.15) is 36.4 Å². The number of nitrogens with zero attached hydrogens (tertiary/aromatic N) is 1. The lowest BCUT2D eigenvalue weighted by molar-refractivity contribution is -0.125. The Balaban J connectivity index is 1.86. The van der Waals surface area contributed by atoms with Gasteiger partial charge in [0.05, 0.1) is 10.6 Å². The summed E-state index contributed by atoms with van der Waals surface area (Å²) in [5, 5.41) is 4.74. The third-order valence-electron chi connectivity index (χ3n) is 3.91. The SMILES string of the molecule is CCCCN1C(=O)C(C)Oc2ccc(NC(=O)c3cccs3)cc21. The predicted octanol–water partition coefficient (Wildman–Crippen LogP) is 3.91. The van der Waals surface area contributed by atoms with Gasteiger partial charge in [-0.3, -0.25) is 9.59 Å². The molecule has 5 nitrogen and oxygen atoms in total. The van der Waals surface area contributed by atoms with Crippen LogP contribution in [-0.2, 0) is 4.79 Å². The van der Waals surface area contributed by atoms with Crippen molar-refractivity contribution in [3.8, 4) is 5.75 Å². The van der Waals surface area contributed by atoms with E-state index in [2.05, 4.69) is 12.2 Å². The molecule has 0 saturated carbocycles. The van der Waals surface area contributed by atoms with E-state index in [0.29, 0.717) is 22.9 Å². The van der Waals surface area contributed by atoms with E-state index in [1.807, 2.05) is 11.4 Å². The molecule has 2 amide bonds. The highest BCUT2D eigenvalue weighted by Gasteiger charge is 2.31. The Kier molecular flexibility index (Phi) is 4.85. The van der Waals surface area contributed by atoms with E-state index in [1.165, 1.54) is 11.3 Å². The summed E-state index contributed by atoms with van der Waals surface area (Å²) in [6.07, 6.45) is 1.44. The molecule has 3 rings (SSSR count). The van der Waals surface area contributed by atoms with Crippen LogP contribution in [0.3, 0.4) is 0 Å². The smallest absolute Gasteiger partial charge is 0.267 e. The maximum Gasteiger partial charge on any atom is 0.267 e. The molecule has 0 fully saturated rings. The van der Waals surface area contributed by atoms with E-state index >= 15 is 0 Å². The summed E-state index contributed by atoms with van der Waals surface area (Å²) in [4.78, 5) is 27.0. The molecule has 2 heterocycles. The molecule has 1 aromatic heterocycles. The van der Waals surface area contributed by atoms with Gasteiger partial charge in [0.1, 0.15) is 5.75 Å². The summed E-state index contributed by atoms with van der Waals surface area (Å²) < 4.78 is 5.68. The highest BCUT2D eigenvalue weighted by Crippen LogP contribution is 2.36. The number of ether oxygens (including phenoxy) is 1. The van der Waals surface area contributed by atoms with E-state index in [4.69, 9.17) is 4.74 Å². The summed E-state index contributed by atoms with van der Waals surface area (Å²) in [5.74, 6) is 0.478. The molecule has 1 aliphatic rings. The Morgan fingerprint density at radius 3 is 2.92 bits per heavy atom. The lowest BCUT2D eigenvalue weighted by Gasteiger charge is -2.33. The molecule has 24 heavy (non-hydrogen) atoms. The molecule has 126 valence electrons. The van der Waals surface area contributed by atoms with Gasteiger partial charge in [-0.15, -0.1) is 11.3 Å². The number of carbonyl (C=O) groups is 2. The average Bonchev–Trinajstić information content (AvgIpc) is 3.10. The molecule has 0 radical (unpaired) electrons. The Hall–Kier alpha value is -2.34. The molecule has 1 unspecified atom stereocenters. The van der Waals surface area contributed by atoms with Crippen molar-refractivity contribution in [2.45, 2.75) is 32.8 Å². The number of carbonyl (C=O) groups excluding carboxylic acids is 2. The molecule has 6 heteroatoms. The Morgan fingerprint density at radius 1 is 1.38 bits per heavy atom. The van der Waals surface area contributed by atoms with Gasteiger partial charge in [0.25, 0.3) is 11.8 Å². The van der Waals surface area contributed by atoms with E-state index < -0.39 is 6.10 Å². The van der Waals surface area contributed by atoms with Gasteiger partial charge >= 0.3 is 0 Å². The maximum absolute atomic E-state index is 12.4. The van der Waals surface area contributed by atoms with Crippen LogP contribution in [0.25, 0.3) is 0 Å². The Labute approximate surface area is 145 Å². The first-order valence-corrected chi connectivity index (χ1v) is 8.95. The number of hydrogen-bond donors (Lipinski definition) is 1. The minimum Gasteiger partial charge on any atom is -0.479 e. The lowest BCUT2D eigenvalue weighted by Crippen LogP contribution is -2.44. The highest BCUT2D eigenvalue weighted by atomic mass is 32.1. The van der Waals surface area contributed by atoms with Crippen LogP contribution in [0.4, 0.5) is 11.4 Å². The standard InChI is InChI=1S/C18H20N2O3S/c1-3-4-9-20-14-11-13(19-17(21)16-6-5-10-24-16)7-8-15(14)23-12(2)18(20)22/h5-8,10-12H,3-4,9H2,1-2H3,(H,19,21). The fourth-order valence-electron chi connectivity index (χ4n) is 2.63. The van der Waals surface area contributed by atoms with Crippen molar-refractivity contribution in [3.05, 3.63) is 40.6 Å². The zero-order chi connectivity index (χ0) is 17.1. The molecule has 0 saturated heterocycles. The van der Waals surface area contributed by atoms with Crippen LogP contribution >= 0.6 is 11.3 Å². The largest absolute Gasteiger partial charge is 0.479 e. The molecular weight excluding hydrogens is 324 g/mol. The highest BCUT2D eigenvalue weighted by molar-refractivity contribution is 7.12. The molecular formula is C18H20N2O3S. The van der Waals surface area contributed by atoms with Gasteiger partial charge in [-0.25, -0.2) is 0 Å². The number of anilines is 2. The van der Waals surface area contributed by atoms with Gasteiger partial charge in [-0.2, -0.15) is 0 Å². The second kappa shape index (κ2) is 7.05. The van der Waals surface area contributed by atoms with Crippen molar-refractivity contribution in [3.63, 3.8) is 0 Å². The lowest BCUT2D eigenvalue weighted by atomic mass is 10.1. The van der Waals surface area contributed by atoms with Crippen LogP contribution in [0.5, 0.6) is 5.75 Å². The molecule has 1 aromatic carbocycles. The fourth-order valence-corrected chi connectivity index (χ4v) is 3.25. The predicted molar refractivity (Wildman–Crippen MR) is 96.1 cm³/mol. The summed E-state index contributed by atoms with van der Waals surface area (Å²) in [6.45, 7) is 4.50.